The molecule has 0 aliphatic heterocycles. The van der Waals surface area contributed by atoms with Crippen molar-refractivity contribution in [2.75, 3.05) is 12.8 Å². The van der Waals surface area contributed by atoms with E-state index < -0.39 is 0 Å². The SMILES string of the molecule is CSC1CCC(NC(=O)NCCCc2nc(C)no2)C1. The van der Waals surface area contributed by atoms with Crippen LogP contribution in [0.3, 0.4) is 0 Å². The zero-order valence-electron chi connectivity index (χ0n) is 12.0. The second-order valence-electron chi connectivity index (χ2n) is 5.11. The van der Waals surface area contributed by atoms with Crippen LogP contribution in [0.15, 0.2) is 4.52 Å². The predicted octanol–water partition coefficient (Wildman–Crippen LogP) is 1.89. The molecule has 1 fully saturated rings. The number of hydrogen-bond acceptors (Lipinski definition) is 5. The molecule has 2 N–H and O–H groups in total. The molecule has 112 valence electrons. The highest BCUT2D eigenvalue weighted by Gasteiger charge is 2.24. The fraction of sp³-hybridized carbons (Fsp3) is 0.769. The molecule has 0 bridgehead atoms. The third-order valence-electron chi connectivity index (χ3n) is 3.48. The Morgan fingerprint density at radius 3 is 3.00 bits per heavy atom. The van der Waals surface area contributed by atoms with E-state index in [2.05, 4.69) is 27.0 Å². The zero-order chi connectivity index (χ0) is 14.4. The van der Waals surface area contributed by atoms with Gasteiger partial charge in [0.15, 0.2) is 5.82 Å². The van der Waals surface area contributed by atoms with Crippen LogP contribution in [0, 0.1) is 6.92 Å². The van der Waals surface area contributed by atoms with E-state index in [4.69, 9.17) is 4.52 Å². The van der Waals surface area contributed by atoms with E-state index in [-0.39, 0.29) is 6.03 Å². The molecule has 6 nitrogen and oxygen atoms in total. The number of amides is 2. The van der Waals surface area contributed by atoms with Gasteiger partial charge in [-0.3, -0.25) is 0 Å². The molecule has 0 aromatic carbocycles. The summed E-state index contributed by atoms with van der Waals surface area (Å²) in [5.74, 6) is 1.28. The van der Waals surface area contributed by atoms with Gasteiger partial charge in [-0.05, 0) is 38.9 Å². The number of rotatable bonds is 6. The number of nitrogens with zero attached hydrogens (tertiary/aromatic N) is 2. The lowest BCUT2D eigenvalue weighted by Crippen LogP contribution is -2.41. The van der Waals surface area contributed by atoms with Crippen molar-refractivity contribution in [2.45, 2.75) is 50.3 Å². The smallest absolute Gasteiger partial charge is 0.315 e. The monoisotopic (exact) mass is 298 g/mol. The minimum atomic E-state index is -0.0709. The van der Waals surface area contributed by atoms with Gasteiger partial charge in [0.25, 0.3) is 0 Å². The van der Waals surface area contributed by atoms with Crippen LogP contribution in [0.25, 0.3) is 0 Å². The molecule has 1 aliphatic carbocycles. The molecule has 1 heterocycles. The molecule has 2 atom stereocenters. The van der Waals surface area contributed by atoms with Gasteiger partial charge >= 0.3 is 6.03 Å². The van der Waals surface area contributed by atoms with Gasteiger partial charge in [-0.1, -0.05) is 5.16 Å². The standard InChI is InChI=1S/C13H22N4O2S/c1-9-15-12(19-17-9)4-3-7-14-13(18)16-10-5-6-11(8-10)20-2/h10-11H,3-8H2,1-2H3,(H2,14,16,18). The van der Waals surface area contributed by atoms with Gasteiger partial charge in [0.05, 0.1) is 0 Å². The van der Waals surface area contributed by atoms with Crippen molar-refractivity contribution in [3.63, 3.8) is 0 Å². The summed E-state index contributed by atoms with van der Waals surface area (Å²) in [5, 5.41) is 10.3. The van der Waals surface area contributed by atoms with E-state index in [0.717, 1.165) is 19.3 Å². The highest BCUT2D eigenvalue weighted by atomic mass is 32.2. The van der Waals surface area contributed by atoms with Crippen molar-refractivity contribution in [1.29, 1.82) is 0 Å². The zero-order valence-corrected chi connectivity index (χ0v) is 12.8. The van der Waals surface area contributed by atoms with Crippen molar-refractivity contribution in [3.05, 3.63) is 11.7 Å². The fourth-order valence-electron chi connectivity index (χ4n) is 2.40. The topological polar surface area (TPSA) is 80.0 Å². The number of urea groups is 1. The van der Waals surface area contributed by atoms with Gasteiger partial charge < -0.3 is 15.2 Å². The van der Waals surface area contributed by atoms with E-state index in [1.165, 1.54) is 6.42 Å². The Morgan fingerprint density at radius 1 is 1.50 bits per heavy atom. The summed E-state index contributed by atoms with van der Waals surface area (Å²) >= 11 is 1.89. The number of thioether (sulfide) groups is 1. The maximum absolute atomic E-state index is 11.7. The summed E-state index contributed by atoms with van der Waals surface area (Å²) in [4.78, 5) is 15.8. The molecular weight excluding hydrogens is 276 g/mol. The molecule has 2 rings (SSSR count). The van der Waals surface area contributed by atoms with Crippen molar-refractivity contribution in [1.82, 2.24) is 20.8 Å². The first kappa shape index (κ1) is 15.2. The minimum Gasteiger partial charge on any atom is -0.339 e. The first-order valence-electron chi connectivity index (χ1n) is 7.03. The van der Waals surface area contributed by atoms with Crippen molar-refractivity contribution >= 4 is 17.8 Å². The lowest BCUT2D eigenvalue weighted by atomic mass is 10.2. The largest absolute Gasteiger partial charge is 0.339 e. The van der Waals surface area contributed by atoms with Crippen LogP contribution in [0.4, 0.5) is 4.79 Å². The van der Waals surface area contributed by atoms with Crippen molar-refractivity contribution in [2.24, 2.45) is 0 Å². The molecule has 1 aliphatic rings. The maximum Gasteiger partial charge on any atom is 0.315 e. The average molecular weight is 298 g/mol. The third-order valence-corrected chi connectivity index (χ3v) is 4.57. The Morgan fingerprint density at radius 2 is 2.35 bits per heavy atom. The molecule has 1 aromatic heterocycles. The molecule has 0 saturated heterocycles. The molecule has 0 spiro atoms. The third kappa shape index (κ3) is 4.70. The quantitative estimate of drug-likeness (QED) is 0.784. The number of aryl methyl sites for hydroxylation is 2. The summed E-state index contributed by atoms with van der Waals surface area (Å²) in [6, 6.07) is 0.254. The Labute approximate surface area is 123 Å². The first-order chi connectivity index (χ1) is 9.67. The Bertz CT molecular complexity index is 438. The summed E-state index contributed by atoms with van der Waals surface area (Å²) in [6.45, 7) is 2.41. The van der Waals surface area contributed by atoms with Gasteiger partial charge in [-0.2, -0.15) is 16.7 Å². The van der Waals surface area contributed by atoms with Gasteiger partial charge in [0, 0.05) is 24.3 Å². The van der Waals surface area contributed by atoms with Crippen LogP contribution in [-0.2, 0) is 6.42 Å². The van der Waals surface area contributed by atoms with Crippen LogP contribution in [0.1, 0.15) is 37.4 Å². The summed E-state index contributed by atoms with van der Waals surface area (Å²) in [5.41, 5.74) is 0. The molecular formula is C13H22N4O2S. The predicted molar refractivity (Wildman–Crippen MR) is 78.8 cm³/mol. The van der Waals surface area contributed by atoms with Gasteiger partial charge in [0.2, 0.25) is 5.89 Å². The van der Waals surface area contributed by atoms with Crippen LogP contribution < -0.4 is 10.6 Å². The van der Waals surface area contributed by atoms with Crippen molar-refractivity contribution in [3.8, 4) is 0 Å². The van der Waals surface area contributed by atoms with E-state index in [1.807, 2.05) is 11.8 Å². The molecule has 1 saturated carbocycles. The molecule has 1 aromatic rings. The normalized spacial score (nSPS) is 21.9. The van der Waals surface area contributed by atoms with Crippen molar-refractivity contribution < 1.29 is 9.32 Å². The summed E-state index contributed by atoms with van der Waals surface area (Å²) in [6.07, 6.45) is 6.98. The second-order valence-corrected chi connectivity index (χ2v) is 6.24. The van der Waals surface area contributed by atoms with Crippen LogP contribution in [0.2, 0.25) is 0 Å². The first-order valence-corrected chi connectivity index (χ1v) is 8.32. The highest BCUT2D eigenvalue weighted by molar-refractivity contribution is 7.99. The molecule has 0 radical (unpaired) electrons. The minimum absolute atomic E-state index is 0.0709. The molecule has 20 heavy (non-hydrogen) atoms. The van der Waals surface area contributed by atoms with E-state index in [0.29, 0.717) is 36.0 Å². The number of aromatic nitrogens is 2. The van der Waals surface area contributed by atoms with Gasteiger partial charge in [-0.25, -0.2) is 4.79 Å². The maximum atomic E-state index is 11.7. The summed E-state index contributed by atoms with van der Waals surface area (Å²) < 4.78 is 5.01. The highest BCUT2D eigenvalue weighted by Crippen LogP contribution is 2.27. The van der Waals surface area contributed by atoms with Crippen LogP contribution in [-0.4, -0.2) is 40.3 Å². The Balaban J connectivity index is 1.56. The number of carbonyl (C=O) groups excluding carboxylic acids is 1. The van der Waals surface area contributed by atoms with E-state index >= 15 is 0 Å². The lowest BCUT2D eigenvalue weighted by molar-refractivity contribution is 0.237. The fourth-order valence-corrected chi connectivity index (χ4v) is 3.20. The molecule has 2 unspecified atom stereocenters. The number of carbonyl (C=O) groups is 1. The molecule has 7 heteroatoms. The van der Waals surface area contributed by atoms with Crippen LogP contribution in [0.5, 0.6) is 0 Å². The van der Waals surface area contributed by atoms with Crippen LogP contribution >= 0.6 is 11.8 Å². The van der Waals surface area contributed by atoms with Gasteiger partial charge in [-0.15, -0.1) is 0 Å². The summed E-state index contributed by atoms with van der Waals surface area (Å²) in [7, 11) is 0. The number of nitrogens with one attached hydrogen (secondary N) is 2. The van der Waals surface area contributed by atoms with E-state index in [9.17, 15) is 4.79 Å². The lowest BCUT2D eigenvalue weighted by Gasteiger charge is -2.13. The average Bonchev–Trinajstić information content (AvgIpc) is 3.04. The Hall–Kier alpha value is -1.24. The molecule has 2 amide bonds. The van der Waals surface area contributed by atoms with E-state index in [1.54, 1.807) is 6.92 Å². The number of hydrogen-bond donors (Lipinski definition) is 2. The Kier molecular flexibility index (Phi) is 5.70. The second kappa shape index (κ2) is 7.52. The van der Waals surface area contributed by atoms with Gasteiger partial charge in [0.1, 0.15) is 0 Å².